The van der Waals surface area contributed by atoms with Gasteiger partial charge in [0, 0.05) is 50.4 Å². The van der Waals surface area contributed by atoms with E-state index in [0.717, 1.165) is 73.9 Å². The maximum atomic E-state index is 13.7. The van der Waals surface area contributed by atoms with Crippen molar-refractivity contribution in [3.63, 3.8) is 0 Å². The van der Waals surface area contributed by atoms with E-state index in [1.807, 2.05) is 13.0 Å². The van der Waals surface area contributed by atoms with Gasteiger partial charge in [0.15, 0.2) is 0 Å². The Labute approximate surface area is 204 Å². The predicted octanol–water partition coefficient (Wildman–Crippen LogP) is 5.12. The Morgan fingerprint density at radius 1 is 1.00 bits per heavy atom. The highest BCUT2D eigenvalue weighted by Gasteiger charge is 2.32. The molecule has 0 radical (unpaired) electrons. The number of rotatable bonds is 6. The van der Waals surface area contributed by atoms with Gasteiger partial charge in [0.1, 0.15) is 11.6 Å². The highest BCUT2D eigenvalue weighted by molar-refractivity contribution is 5.78. The number of nitrogens with zero attached hydrogens (tertiary/aromatic N) is 5. The molecule has 0 saturated carbocycles. The third-order valence-electron chi connectivity index (χ3n) is 7.08. The Morgan fingerprint density at radius 2 is 1.83 bits per heavy atom. The molecule has 0 fully saturated rings. The van der Waals surface area contributed by atoms with Crippen LogP contribution in [0, 0.1) is 5.82 Å². The average molecular weight is 469 g/mol. The molecule has 0 bridgehead atoms. The minimum absolute atomic E-state index is 0.248. The van der Waals surface area contributed by atoms with Gasteiger partial charge in [-0.05, 0) is 61.2 Å². The molecule has 1 unspecified atom stereocenters. The van der Waals surface area contributed by atoms with E-state index in [2.05, 4.69) is 44.0 Å². The molecule has 6 rings (SSSR count). The molecular formula is C28H29FN6. The van der Waals surface area contributed by atoms with Crippen LogP contribution >= 0.6 is 0 Å². The van der Waals surface area contributed by atoms with E-state index in [1.54, 1.807) is 18.3 Å². The molecule has 0 amide bonds. The molecule has 1 atom stereocenters. The second-order valence-corrected chi connectivity index (χ2v) is 9.34. The van der Waals surface area contributed by atoms with Crippen LogP contribution in [-0.2, 0) is 19.4 Å². The minimum Gasteiger partial charge on any atom is -0.354 e. The van der Waals surface area contributed by atoms with E-state index in [4.69, 9.17) is 9.97 Å². The summed E-state index contributed by atoms with van der Waals surface area (Å²) in [5.74, 6) is 1.43. The van der Waals surface area contributed by atoms with Crippen LogP contribution < -0.4 is 5.32 Å². The van der Waals surface area contributed by atoms with Crippen LogP contribution in [0.3, 0.4) is 0 Å². The summed E-state index contributed by atoms with van der Waals surface area (Å²) in [6.07, 6.45) is 4.86. The Hall–Kier alpha value is -3.58. The third kappa shape index (κ3) is 4.21. The topological polar surface area (TPSA) is 58.9 Å². The molecule has 4 heterocycles. The van der Waals surface area contributed by atoms with E-state index >= 15 is 0 Å². The number of hydrogen-bond donors (Lipinski definition) is 1. The van der Waals surface area contributed by atoms with Crippen LogP contribution in [0.15, 0.2) is 60.8 Å². The van der Waals surface area contributed by atoms with E-state index in [9.17, 15) is 4.39 Å². The minimum atomic E-state index is -0.248. The Bertz CT molecular complexity index is 1350. The quantitative estimate of drug-likeness (QED) is 0.425. The van der Waals surface area contributed by atoms with E-state index in [0.29, 0.717) is 12.0 Å². The number of imidazole rings is 1. The SMILES string of the molecule is CCNc1nccc(-c2c(-c3ccc(F)cc3)nc3n2C(CN2CCc4ccccc4C2)CC3)n1. The van der Waals surface area contributed by atoms with Crippen LogP contribution in [0.5, 0.6) is 0 Å². The zero-order valence-electron chi connectivity index (χ0n) is 19.9. The molecular weight excluding hydrogens is 439 g/mol. The largest absolute Gasteiger partial charge is 0.354 e. The van der Waals surface area contributed by atoms with Crippen LogP contribution in [0.1, 0.15) is 36.3 Å². The maximum Gasteiger partial charge on any atom is 0.223 e. The van der Waals surface area contributed by atoms with Gasteiger partial charge in [-0.25, -0.2) is 19.3 Å². The molecule has 1 N–H and O–H groups in total. The van der Waals surface area contributed by atoms with Gasteiger partial charge < -0.3 is 9.88 Å². The van der Waals surface area contributed by atoms with Crippen LogP contribution in [-0.4, -0.2) is 44.1 Å². The lowest BCUT2D eigenvalue weighted by Crippen LogP contribution is -2.34. The fourth-order valence-corrected chi connectivity index (χ4v) is 5.44. The van der Waals surface area contributed by atoms with Gasteiger partial charge in [-0.3, -0.25) is 4.90 Å². The first kappa shape index (κ1) is 21.9. The zero-order chi connectivity index (χ0) is 23.8. The summed E-state index contributed by atoms with van der Waals surface area (Å²) in [7, 11) is 0. The van der Waals surface area contributed by atoms with Gasteiger partial charge in [-0.1, -0.05) is 24.3 Å². The number of benzene rings is 2. The number of aromatic nitrogens is 4. The molecule has 2 aliphatic heterocycles. The summed E-state index contributed by atoms with van der Waals surface area (Å²) >= 11 is 0. The van der Waals surface area contributed by atoms with Crippen LogP contribution in [0.2, 0.25) is 0 Å². The number of fused-ring (bicyclic) bond motifs is 2. The van der Waals surface area contributed by atoms with Gasteiger partial charge in [-0.15, -0.1) is 0 Å². The third-order valence-corrected chi connectivity index (χ3v) is 7.08. The number of halogens is 1. The summed E-state index contributed by atoms with van der Waals surface area (Å²) in [6.45, 7) is 5.80. The molecule has 2 aromatic heterocycles. The van der Waals surface area contributed by atoms with Crippen molar-refractivity contribution in [3.8, 4) is 22.6 Å². The Kier molecular flexibility index (Phi) is 5.78. The lowest BCUT2D eigenvalue weighted by Gasteiger charge is -2.31. The maximum absolute atomic E-state index is 13.7. The van der Waals surface area contributed by atoms with Gasteiger partial charge in [0.05, 0.1) is 17.1 Å². The first-order valence-electron chi connectivity index (χ1n) is 12.4. The first-order valence-corrected chi connectivity index (χ1v) is 12.4. The Morgan fingerprint density at radius 3 is 2.66 bits per heavy atom. The standard InChI is InChI=1S/C28H29FN6/c1-2-30-28-31-15-13-24(32-28)27-26(20-7-9-22(29)10-8-20)33-25-12-11-23(35(25)27)18-34-16-14-19-5-3-4-6-21(19)17-34/h3-10,13,15,23H,2,11-12,14,16-18H2,1H3,(H,30,31,32). The molecule has 7 heteroatoms. The molecule has 2 aliphatic rings. The summed E-state index contributed by atoms with van der Waals surface area (Å²) in [6, 6.07) is 17.6. The van der Waals surface area contributed by atoms with Crippen molar-refractivity contribution in [2.24, 2.45) is 0 Å². The van der Waals surface area contributed by atoms with E-state index < -0.39 is 0 Å². The van der Waals surface area contributed by atoms with Gasteiger partial charge >= 0.3 is 0 Å². The van der Waals surface area contributed by atoms with Crippen molar-refractivity contribution >= 4 is 5.95 Å². The van der Waals surface area contributed by atoms with Crippen LogP contribution in [0.25, 0.3) is 22.6 Å². The average Bonchev–Trinajstić information content (AvgIpc) is 3.45. The summed E-state index contributed by atoms with van der Waals surface area (Å²) in [5.41, 5.74) is 6.49. The lowest BCUT2D eigenvalue weighted by molar-refractivity contribution is 0.218. The first-order chi connectivity index (χ1) is 17.2. The smallest absolute Gasteiger partial charge is 0.223 e. The lowest BCUT2D eigenvalue weighted by atomic mass is 9.99. The second kappa shape index (κ2) is 9.23. The van der Waals surface area contributed by atoms with Crippen LogP contribution in [0.4, 0.5) is 10.3 Å². The van der Waals surface area contributed by atoms with E-state index in [1.165, 1.54) is 23.3 Å². The van der Waals surface area contributed by atoms with Gasteiger partial charge in [0.2, 0.25) is 5.95 Å². The number of anilines is 1. The van der Waals surface area contributed by atoms with Crippen molar-refractivity contribution in [2.75, 3.05) is 25.0 Å². The van der Waals surface area contributed by atoms with Crippen molar-refractivity contribution in [1.82, 2.24) is 24.4 Å². The zero-order valence-corrected chi connectivity index (χ0v) is 19.9. The Balaban J connectivity index is 1.39. The highest BCUT2D eigenvalue weighted by atomic mass is 19.1. The second-order valence-electron chi connectivity index (χ2n) is 9.34. The van der Waals surface area contributed by atoms with Crippen molar-refractivity contribution < 1.29 is 4.39 Å². The predicted molar refractivity (Wildman–Crippen MR) is 136 cm³/mol. The number of hydrogen-bond acceptors (Lipinski definition) is 5. The van der Waals surface area contributed by atoms with E-state index in [-0.39, 0.29) is 5.82 Å². The van der Waals surface area contributed by atoms with Gasteiger partial charge in [-0.2, -0.15) is 0 Å². The molecule has 6 nitrogen and oxygen atoms in total. The number of aryl methyl sites for hydroxylation is 1. The monoisotopic (exact) mass is 468 g/mol. The van der Waals surface area contributed by atoms with Gasteiger partial charge in [0.25, 0.3) is 0 Å². The summed E-state index contributed by atoms with van der Waals surface area (Å²) < 4.78 is 16.1. The van der Waals surface area contributed by atoms with Crippen molar-refractivity contribution in [3.05, 3.63) is 83.6 Å². The summed E-state index contributed by atoms with van der Waals surface area (Å²) in [4.78, 5) is 16.8. The summed E-state index contributed by atoms with van der Waals surface area (Å²) in [5, 5.41) is 3.22. The molecule has 4 aromatic rings. The fraction of sp³-hybridized carbons (Fsp3) is 0.321. The normalized spacial score (nSPS) is 17.3. The fourth-order valence-electron chi connectivity index (χ4n) is 5.44. The molecule has 35 heavy (non-hydrogen) atoms. The van der Waals surface area contributed by atoms with Crippen molar-refractivity contribution in [2.45, 2.75) is 38.8 Å². The highest BCUT2D eigenvalue weighted by Crippen LogP contribution is 2.40. The molecule has 0 aliphatic carbocycles. The molecule has 178 valence electrons. The molecule has 0 spiro atoms. The number of nitrogens with one attached hydrogen (secondary N) is 1. The van der Waals surface area contributed by atoms with Crippen molar-refractivity contribution in [1.29, 1.82) is 0 Å². The molecule has 0 saturated heterocycles. The molecule has 2 aromatic carbocycles.